The predicted octanol–water partition coefficient (Wildman–Crippen LogP) is 5.11. The molecule has 0 aliphatic rings. The number of benzene rings is 2. The zero-order valence-corrected chi connectivity index (χ0v) is 15.4. The van der Waals surface area contributed by atoms with Crippen molar-refractivity contribution in [3.8, 4) is 0 Å². The van der Waals surface area contributed by atoms with Gasteiger partial charge in [-0.05, 0) is 34.1 Å². The third-order valence-corrected chi connectivity index (χ3v) is 5.55. The molecule has 0 saturated carbocycles. The van der Waals surface area contributed by atoms with E-state index in [0.717, 1.165) is 14.6 Å². The molecule has 0 fully saturated rings. The van der Waals surface area contributed by atoms with E-state index < -0.39 is 11.9 Å². The Balaban J connectivity index is 1.65. The molecule has 122 valence electrons. The molecule has 1 heterocycles. The molecule has 4 nitrogen and oxygen atoms in total. The number of hydrogen-bond acceptors (Lipinski definition) is 4. The Labute approximate surface area is 155 Å². The number of nitrogens with one attached hydrogen (secondary N) is 1. The summed E-state index contributed by atoms with van der Waals surface area (Å²) in [6.45, 7) is -0.384. The second-order valence-corrected chi connectivity index (χ2v) is 7.13. The first-order valence-electron chi connectivity index (χ1n) is 6.95. The van der Waals surface area contributed by atoms with Crippen molar-refractivity contribution in [2.75, 3.05) is 11.9 Å². The maximum Gasteiger partial charge on any atom is 0.350 e. The van der Waals surface area contributed by atoms with Crippen molar-refractivity contribution in [3.63, 3.8) is 0 Å². The molecule has 3 rings (SSSR count). The lowest BCUT2D eigenvalue weighted by atomic mass is 10.2. The molecule has 2 aromatic carbocycles. The highest BCUT2D eigenvalue weighted by Crippen LogP contribution is 2.35. The molecule has 0 aliphatic carbocycles. The van der Waals surface area contributed by atoms with E-state index in [-0.39, 0.29) is 6.61 Å². The molecule has 0 bridgehead atoms. The number of carbonyl (C=O) groups excluding carboxylic acids is 2. The van der Waals surface area contributed by atoms with Crippen LogP contribution < -0.4 is 5.32 Å². The molecule has 1 N–H and O–H groups in total. The van der Waals surface area contributed by atoms with Gasteiger partial charge in [0.2, 0.25) is 0 Å². The Kier molecular flexibility index (Phi) is 5.18. The second-order valence-electron chi connectivity index (χ2n) is 4.85. The van der Waals surface area contributed by atoms with Crippen LogP contribution in [0.1, 0.15) is 9.67 Å². The molecule has 1 amide bonds. The van der Waals surface area contributed by atoms with Crippen LogP contribution in [-0.4, -0.2) is 18.5 Å². The van der Waals surface area contributed by atoms with Gasteiger partial charge in [0.1, 0.15) is 4.88 Å². The number of halogens is 2. The number of thiophene rings is 1. The van der Waals surface area contributed by atoms with Crippen LogP contribution in [0.25, 0.3) is 10.1 Å². The van der Waals surface area contributed by atoms with Crippen molar-refractivity contribution in [2.24, 2.45) is 0 Å². The molecular formula is C17H11BrClNO3S. The highest BCUT2D eigenvalue weighted by atomic mass is 79.9. The minimum absolute atomic E-state index is 0.298. The monoisotopic (exact) mass is 423 g/mol. The number of fused-ring (bicyclic) bond motifs is 1. The predicted molar refractivity (Wildman–Crippen MR) is 99.9 cm³/mol. The normalized spacial score (nSPS) is 10.6. The van der Waals surface area contributed by atoms with Crippen LogP contribution in [0.4, 0.5) is 5.69 Å². The summed E-state index contributed by atoms with van der Waals surface area (Å²) < 4.78 is 6.71. The minimum atomic E-state index is -0.608. The lowest BCUT2D eigenvalue weighted by Crippen LogP contribution is -2.20. The van der Waals surface area contributed by atoms with Gasteiger partial charge >= 0.3 is 5.97 Å². The number of esters is 1. The summed E-state index contributed by atoms with van der Waals surface area (Å²) >= 11 is 10.8. The Bertz CT molecular complexity index is 925. The quantitative estimate of drug-likeness (QED) is 0.592. The van der Waals surface area contributed by atoms with E-state index in [2.05, 4.69) is 21.2 Å². The Hall–Kier alpha value is -1.89. The zero-order valence-electron chi connectivity index (χ0n) is 12.2. The Morgan fingerprint density at radius 1 is 1.12 bits per heavy atom. The van der Waals surface area contributed by atoms with Crippen LogP contribution in [0.15, 0.2) is 53.0 Å². The lowest BCUT2D eigenvalue weighted by Gasteiger charge is -2.07. The number of carbonyl (C=O) groups is 2. The maximum absolute atomic E-state index is 12.2. The summed E-state index contributed by atoms with van der Waals surface area (Å²) in [5.74, 6) is -1.03. The van der Waals surface area contributed by atoms with E-state index in [1.165, 1.54) is 11.3 Å². The van der Waals surface area contributed by atoms with Gasteiger partial charge in [-0.2, -0.15) is 0 Å². The van der Waals surface area contributed by atoms with Gasteiger partial charge in [0, 0.05) is 14.6 Å². The molecule has 0 unspecified atom stereocenters. The van der Waals surface area contributed by atoms with Crippen LogP contribution >= 0.6 is 38.9 Å². The largest absolute Gasteiger partial charge is 0.451 e. The van der Waals surface area contributed by atoms with Gasteiger partial charge < -0.3 is 10.1 Å². The van der Waals surface area contributed by atoms with Crippen molar-refractivity contribution >= 4 is 66.5 Å². The van der Waals surface area contributed by atoms with Crippen molar-refractivity contribution in [2.45, 2.75) is 0 Å². The van der Waals surface area contributed by atoms with Gasteiger partial charge in [0.25, 0.3) is 5.91 Å². The summed E-state index contributed by atoms with van der Waals surface area (Å²) in [5, 5.41) is 3.82. The van der Waals surface area contributed by atoms with Crippen LogP contribution in [0.5, 0.6) is 0 Å². The number of para-hydroxylation sites is 1. The van der Waals surface area contributed by atoms with Crippen LogP contribution in [0.2, 0.25) is 5.02 Å². The summed E-state index contributed by atoms with van der Waals surface area (Å²) in [6, 6.07) is 14.6. The van der Waals surface area contributed by atoms with E-state index in [0.29, 0.717) is 15.6 Å². The van der Waals surface area contributed by atoms with Gasteiger partial charge in [0.15, 0.2) is 6.61 Å². The first-order chi connectivity index (χ1) is 11.6. The van der Waals surface area contributed by atoms with Crippen molar-refractivity contribution < 1.29 is 14.3 Å². The Morgan fingerprint density at radius 2 is 1.83 bits per heavy atom. The number of amides is 1. The summed E-state index contributed by atoms with van der Waals surface area (Å²) in [6.07, 6.45) is 0. The number of rotatable bonds is 4. The van der Waals surface area contributed by atoms with Crippen LogP contribution in [0.3, 0.4) is 0 Å². The number of anilines is 1. The van der Waals surface area contributed by atoms with Crippen molar-refractivity contribution in [1.82, 2.24) is 0 Å². The molecule has 0 spiro atoms. The lowest BCUT2D eigenvalue weighted by molar-refractivity contribution is -0.119. The van der Waals surface area contributed by atoms with Gasteiger partial charge in [-0.3, -0.25) is 4.79 Å². The van der Waals surface area contributed by atoms with E-state index in [1.807, 2.05) is 30.3 Å². The molecule has 24 heavy (non-hydrogen) atoms. The average molecular weight is 425 g/mol. The topological polar surface area (TPSA) is 55.4 Å². The molecular weight excluding hydrogens is 414 g/mol. The SMILES string of the molecule is O=C(COC(=O)c1sc2ccccc2c1Cl)Nc1ccccc1Br. The fourth-order valence-electron chi connectivity index (χ4n) is 2.09. The van der Waals surface area contributed by atoms with Crippen molar-refractivity contribution in [3.05, 3.63) is 62.9 Å². The smallest absolute Gasteiger partial charge is 0.350 e. The first-order valence-corrected chi connectivity index (χ1v) is 8.93. The van der Waals surface area contributed by atoms with E-state index in [1.54, 1.807) is 18.2 Å². The van der Waals surface area contributed by atoms with Gasteiger partial charge in [0.05, 0.1) is 10.7 Å². The fraction of sp³-hybridized carbons (Fsp3) is 0.0588. The van der Waals surface area contributed by atoms with Gasteiger partial charge in [-0.15, -0.1) is 11.3 Å². The molecule has 7 heteroatoms. The zero-order chi connectivity index (χ0) is 17.1. The van der Waals surface area contributed by atoms with E-state index >= 15 is 0 Å². The third kappa shape index (κ3) is 3.61. The summed E-state index contributed by atoms with van der Waals surface area (Å²) in [5.41, 5.74) is 0.610. The number of ether oxygens (including phenoxy) is 1. The molecule has 3 aromatic rings. The molecule has 0 aliphatic heterocycles. The van der Waals surface area contributed by atoms with Gasteiger partial charge in [-0.25, -0.2) is 4.79 Å². The van der Waals surface area contributed by atoms with Crippen LogP contribution in [-0.2, 0) is 9.53 Å². The molecule has 0 atom stereocenters. The maximum atomic E-state index is 12.2. The minimum Gasteiger partial charge on any atom is -0.451 e. The standard InChI is InChI=1S/C17H11BrClNO3S/c18-11-6-2-3-7-12(11)20-14(21)9-23-17(22)16-15(19)10-5-1-4-8-13(10)24-16/h1-8H,9H2,(H,20,21). The van der Waals surface area contributed by atoms with Crippen LogP contribution in [0, 0.1) is 0 Å². The molecule has 0 saturated heterocycles. The third-order valence-electron chi connectivity index (χ3n) is 3.20. The second kappa shape index (κ2) is 7.34. The summed E-state index contributed by atoms with van der Waals surface area (Å²) in [4.78, 5) is 24.4. The highest BCUT2D eigenvalue weighted by molar-refractivity contribution is 9.10. The molecule has 1 aromatic heterocycles. The number of hydrogen-bond donors (Lipinski definition) is 1. The van der Waals surface area contributed by atoms with E-state index in [9.17, 15) is 9.59 Å². The fourth-order valence-corrected chi connectivity index (χ4v) is 3.88. The van der Waals surface area contributed by atoms with Crippen molar-refractivity contribution in [1.29, 1.82) is 0 Å². The average Bonchev–Trinajstić information content (AvgIpc) is 2.92. The first kappa shape index (κ1) is 17.0. The molecule has 0 radical (unpaired) electrons. The van der Waals surface area contributed by atoms with E-state index in [4.69, 9.17) is 16.3 Å². The summed E-state index contributed by atoms with van der Waals surface area (Å²) in [7, 11) is 0. The van der Waals surface area contributed by atoms with Gasteiger partial charge in [-0.1, -0.05) is 41.9 Å². The highest BCUT2D eigenvalue weighted by Gasteiger charge is 2.19. The Morgan fingerprint density at radius 3 is 2.58 bits per heavy atom.